The minimum Gasteiger partial charge on any atom is -0.247 e. The highest BCUT2D eigenvalue weighted by Crippen LogP contribution is 2.46. The quantitative estimate of drug-likeness (QED) is 0.601. The summed E-state index contributed by atoms with van der Waals surface area (Å²) >= 11 is 0. The van der Waals surface area contributed by atoms with E-state index in [-0.39, 0.29) is 0 Å². The van der Waals surface area contributed by atoms with Gasteiger partial charge in [0.25, 0.3) is 0 Å². The molecule has 72 valence electrons. The number of alkyl halides is 4. The summed E-state index contributed by atoms with van der Waals surface area (Å²) in [6.07, 6.45) is -0.973. The Balaban J connectivity index is 3.18. The van der Waals surface area contributed by atoms with Gasteiger partial charge in [-0.3, -0.25) is 0 Å². The molecule has 0 aromatic carbocycles. The van der Waals surface area contributed by atoms with Gasteiger partial charge in [0.05, 0.1) is 5.75 Å². The molecule has 1 aliphatic heterocycles. The van der Waals surface area contributed by atoms with Crippen LogP contribution in [-0.2, 0) is 9.84 Å². The van der Waals surface area contributed by atoms with E-state index in [1.807, 2.05) is 0 Å². The molecule has 1 rings (SSSR count). The highest BCUT2D eigenvalue weighted by atomic mass is 32.2. The third-order valence-electron chi connectivity index (χ3n) is 1.89. The maximum absolute atomic E-state index is 12.8. The van der Waals surface area contributed by atoms with Crippen molar-refractivity contribution in [2.45, 2.75) is 17.3 Å². The van der Waals surface area contributed by atoms with Crippen molar-refractivity contribution >= 4 is 9.84 Å². The fraction of sp³-hybridized carbons (Fsp3) is 1.00. The summed E-state index contributed by atoms with van der Waals surface area (Å²) < 4.78 is 70.8. The summed E-state index contributed by atoms with van der Waals surface area (Å²) in [7, 11) is -4.79. The molecule has 12 heavy (non-hydrogen) atoms. The first-order valence-electron chi connectivity index (χ1n) is 3.12. The summed E-state index contributed by atoms with van der Waals surface area (Å²) in [5.74, 6) is -1.000. The molecule has 0 aliphatic carbocycles. The summed E-state index contributed by atoms with van der Waals surface area (Å²) in [4.78, 5) is 0. The monoisotopic (exact) mass is 206 g/mol. The third kappa shape index (κ3) is 0.949. The maximum atomic E-state index is 12.8. The van der Waals surface area contributed by atoms with Crippen LogP contribution in [0.2, 0.25) is 0 Å². The Morgan fingerprint density at radius 3 is 1.92 bits per heavy atom. The highest BCUT2D eigenvalue weighted by Gasteiger charge is 2.68. The summed E-state index contributed by atoms with van der Waals surface area (Å²) in [5, 5.41) is -4.57. The average Bonchev–Trinajstić information content (AvgIpc) is 2.12. The van der Waals surface area contributed by atoms with Crippen LogP contribution in [0.5, 0.6) is 0 Å². The molecule has 1 atom stereocenters. The van der Waals surface area contributed by atoms with Gasteiger partial charge in [-0.2, -0.15) is 8.78 Å². The van der Waals surface area contributed by atoms with E-state index in [0.717, 1.165) is 0 Å². The fourth-order valence-electron chi connectivity index (χ4n) is 0.993. The minimum absolute atomic E-state index is 0.973. The lowest BCUT2D eigenvalue weighted by molar-refractivity contribution is -0.0738. The van der Waals surface area contributed by atoms with E-state index in [9.17, 15) is 26.0 Å². The van der Waals surface area contributed by atoms with Crippen molar-refractivity contribution in [3.63, 3.8) is 0 Å². The molecule has 0 saturated carbocycles. The van der Waals surface area contributed by atoms with Crippen molar-refractivity contribution in [2.75, 3.05) is 12.4 Å². The van der Waals surface area contributed by atoms with Gasteiger partial charge >= 0.3 is 5.25 Å². The van der Waals surface area contributed by atoms with Gasteiger partial charge < -0.3 is 0 Å². The Hall–Kier alpha value is -0.330. The largest absolute Gasteiger partial charge is 0.381 e. The minimum atomic E-state index is -4.79. The number of hydrogen-bond donors (Lipinski definition) is 0. The van der Waals surface area contributed by atoms with Crippen LogP contribution in [0.4, 0.5) is 17.6 Å². The van der Waals surface area contributed by atoms with E-state index in [0.29, 0.717) is 0 Å². The lowest BCUT2D eigenvalue weighted by Gasteiger charge is -2.21. The molecule has 0 N–H and O–H groups in total. The number of rotatable bonds is 1. The van der Waals surface area contributed by atoms with E-state index in [2.05, 4.69) is 0 Å². The number of sulfone groups is 1. The summed E-state index contributed by atoms with van der Waals surface area (Å²) in [6.45, 7) is -1.97. The lowest BCUT2D eigenvalue weighted by atomic mass is 10.1. The van der Waals surface area contributed by atoms with Crippen molar-refractivity contribution in [3.05, 3.63) is 0 Å². The van der Waals surface area contributed by atoms with Crippen LogP contribution in [0.3, 0.4) is 0 Å². The van der Waals surface area contributed by atoms with E-state index in [1.54, 1.807) is 0 Å². The first kappa shape index (κ1) is 9.76. The molecule has 1 aliphatic rings. The van der Waals surface area contributed by atoms with Gasteiger partial charge in [0.2, 0.25) is 15.5 Å². The van der Waals surface area contributed by atoms with E-state index in [4.69, 9.17) is 0 Å². The summed E-state index contributed by atoms with van der Waals surface area (Å²) in [6, 6.07) is 0. The molecular weight excluding hydrogens is 200 g/mol. The molecule has 0 aromatic heterocycles. The molecule has 0 radical (unpaired) electrons. The standard InChI is InChI=1S/C5H6F4O2S/c6-3-4(7)1-2-12(10,11)5(4,8)9/h1-3H2. The second kappa shape index (κ2) is 2.34. The van der Waals surface area contributed by atoms with Gasteiger partial charge in [-0.05, 0) is 0 Å². The fourth-order valence-corrected chi connectivity index (χ4v) is 2.56. The predicted molar refractivity (Wildman–Crippen MR) is 33.2 cm³/mol. The van der Waals surface area contributed by atoms with E-state index >= 15 is 0 Å². The van der Waals surface area contributed by atoms with Crippen molar-refractivity contribution in [3.8, 4) is 0 Å². The highest BCUT2D eigenvalue weighted by molar-refractivity contribution is 7.92. The van der Waals surface area contributed by atoms with Crippen LogP contribution in [0.15, 0.2) is 0 Å². The van der Waals surface area contributed by atoms with Crippen LogP contribution in [0.25, 0.3) is 0 Å². The number of halogens is 4. The lowest BCUT2D eigenvalue weighted by Crippen LogP contribution is -2.44. The average molecular weight is 206 g/mol. The van der Waals surface area contributed by atoms with Crippen LogP contribution >= 0.6 is 0 Å². The first-order valence-corrected chi connectivity index (χ1v) is 4.77. The molecule has 7 heteroatoms. The molecule has 0 aromatic rings. The SMILES string of the molecule is O=S1(=O)CCC(F)(CF)C1(F)F. The Morgan fingerprint density at radius 2 is 1.75 bits per heavy atom. The van der Waals surface area contributed by atoms with Gasteiger partial charge in [0, 0.05) is 6.42 Å². The van der Waals surface area contributed by atoms with Crippen LogP contribution in [0, 0.1) is 0 Å². The molecular formula is C5H6F4O2S. The third-order valence-corrected chi connectivity index (χ3v) is 3.78. The zero-order chi connectivity index (χ0) is 9.62. The van der Waals surface area contributed by atoms with E-state index < -0.39 is 39.6 Å². The van der Waals surface area contributed by atoms with Crippen molar-refractivity contribution in [2.24, 2.45) is 0 Å². The zero-order valence-electron chi connectivity index (χ0n) is 5.86. The van der Waals surface area contributed by atoms with Gasteiger partial charge in [-0.15, -0.1) is 0 Å². The molecule has 2 nitrogen and oxygen atoms in total. The topological polar surface area (TPSA) is 34.1 Å². The Morgan fingerprint density at radius 1 is 1.25 bits per heavy atom. The van der Waals surface area contributed by atoms with Gasteiger partial charge in [-0.1, -0.05) is 0 Å². The van der Waals surface area contributed by atoms with Crippen molar-refractivity contribution in [1.82, 2.24) is 0 Å². The maximum Gasteiger partial charge on any atom is 0.381 e. The second-order valence-corrected chi connectivity index (χ2v) is 4.84. The van der Waals surface area contributed by atoms with Gasteiger partial charge in [0.1, 0.15) is 6.67 Å². The Bertz CT molecular complexity index is 286. The van der Waals surface area contributed by atoms with Crippen LogP contribution in [-0.4, -0.2) is 31.8 Å². The van der Waals surface area contributed by atoms with Crippen molar-refractivity contribution < 1.29 is 26.0 Å². The van der Waals surface area contributed by atoms with Crippen LogP contribution in [0.1, 0.15) is 6.42 Å². The predicted octanol–water partition coefficient (Wildman–Crippen LogP) is 1.08. The van der Waals surface area contributed by atoms with E-state index in [1.165, 1.54) is 0 Å². The molecule has 1 heterocycles. The molecule has 1 unspecified atom stereocenters. The van der Waals surface area contributed by atoms with Gasteiger partial charge in [-0.25, -0.2) is 17.2 Å². The zero-order valence-corrected chi connectivity index (χ0v) is 6.67. The second-order valence-electron chi connectivity index (χ2n) is 2.68. The Labute approximate surface area is 66.5 Å². The normalized spacial score (nSPS) is 38.3. The number of hydrogen-bond acceptors (Lipinski definition) is 2. The molecule has 0 spiro atoms. The summed E-state index contributed by atoms with van der Waals surface area (Å²) in [5.41, 5.74) is -3.52. The molecule has 1 saturated heterocycles. The molecule has 1 fully saturated rings. The smallest absolute Gasteiger partial charge is 0.247 e. The molecule has 0 bridgehead atoms. The van der Waals surface area contributed by atoms with Crippen LogP contribution < -0.4 is 0 Å². The van der Waals surface area contributed by atoms with Crippen molar-refractivity contribution in [1.29, 1.82) is 0 Å². The van der Waals surface area contributed by atoms with Gasteiger partial charge in [0.15, 0.2) is 0 Å². The first-order chi connectivity index (χ1) is 5.27. The Kier molecular flexibility index (Phi) is 1.90. The molecule has 0 amide bonds.